The van der Waals surface area contributed by atoms with Crippen molar-refractivity contribution in [1.29, 1.82) is 0 Å². The normalized spacial score (nSPS) is 15.8. The number of carbonyl (C=O) groups is 1. The lowest BCUT2D eigenvalue weighted by Crippen LogP contribution is -2.40. The summed E-state index contributed by atoms with van der Waals surface area (Å²) >= 11 is 6.23. The second kappa shape index (κ2) is 11.5. The standard InChI is InChI=1S/C28H27ClN4O4/c1-35-22-10-12-23(13-11-22)36-25-14-9-21(29)16-24(25)30-28(34)20-8-5-15-33(17-20)18-26-31-27(32-37-26)19-6-3-2-4-7-19/h2-4,6-7,9-14,16,20H,5,8,15,17-18H2,1H3,(H,30,34). The first-order valence-electron chi connectivity index (χ1n) is 12.1. The summed E-state index contributed by atoms with van der Waals surface area (Å²) < 4.78 is 16.7. The zero-order chi connectivity index (χ0) is 25.6. The highest BCUT2D eigenvalue weighted by molar-refractivity contribution is 6.31. The van der Waals surface area contributed by atoms with Crippen LogP contribution in [0, 0.1) is 5.92 Å². The Labute approximate surface area is 220 Å². The van der Waals surface area contributed by atoms with Gasteiger partial charge < -0.3 is 19.3 Å². The van der Waals surface area contributed by atoms with Gasteiger partial charge in [0.2, 0.25) is 17.6 Å². The van der Waals surface area contributed by atoms with Gasteiger partial charge in [-0.25, -0.2) is 0 Å². The Morgan fingerprint density at radius 2 is 1.89 bits per heavy atom. The van der Waals surface area contributed by atoms with E-state index < -0.39 is 0 Å². The number of anilines is 1. The molecule has 1 amide bonds. The number of rotatable bonds is 8. The Morgan fingerprint density at radius 3 is 2.68 bits per heavy atom. The molecule has 0 aliphatic carbocycles. The molecule has 1 atom stereocenters. The predicted molar refractivity (Wildman–Crippen MR) is 141 cm³/mol. The van der Waals surface area contributed by atoms with E-state index in [2.05, 4.69) is 20.4 Å². The molecule has 0 saturated carbocycles. The predicted octanol–water partition coefficient (Wildman–Crippen LogP) is 6.04. The summed E-state index contributed by atoms with van der Waals surface area (Å²) in [6.07, 6.45) is 1.68. The fourth-order valence-corrected chi connectivity index (χ4v) is 4.49. The van der Waals surface area contributed by atoms with E-state index >= 15 is 0 Å². The van der Waals surface area contributed by atoms with Gasteiger partial charge in [-0.05, 0) is 61.9 Å². The molecular weight excluding hydrogens is 492 g/mol. The number of carbonyl (C=O) groups excluding carboxylic acids is 1. The second-order valence-electron chi connectivity index (χ2n) is 8.86. The molecule has 3 aromatic carbocycles. The van der Waals surface area contributed by atoms with Gasteiger partial charge >= 0.3 is 0 Å². The highest BCUT2D eigenvalue weighted by Crippen LogP contribution is 2.33. The van der Waals surface area contributed by atoms with E-state index in [4.69, 9.17) is 25.6 Å². The molecule has 1 N–H and O–H groups in total. The first-order valence-corrected chi connectivity index (χ1v) is 12.5. The molecule has 9 heteroatoms. The van der Waals surface area contributed by atoms with Crippen LogP contribution < -0.4 is 14.8 Å². The van der Waals surface area contributed by atoms with Crippen molar-refractivity contribution in [3.8, 4) is 28.6 Å². The molecule has 1 aromatic heterocycles. The van der Waals surface area contributed by atoms with Gasteiger partial charge in [0.25, 0.3) is 0 Å². The van der Waals surface area contributed by atoms with Crippen LogP contribution >= 0.6 is 11.6 Å². The molecule has 2 heterocycles. The third-order valence-electron chi connectivity index (χ3n) is 6.22. The number of ether oxygens (including phenoxy) is 2. The van der Waals surface area contributed by atoms with E-state index in [1.54, 1.807) is 37.4 Å². The number of amides is 1. The number of halogens is 1. The Kier molecular flexibility index (Phi) is 7.67. The van der Waals surface area contributed by atoms with Crippen LogP contribution in [0.3, 0.4) is 0 Å². The third-order valence-corrected chi connectivity index (χ3v) is 6.46. The summed E-state index contributed by atoms with van der Waals surface area (Å²) in [7, 11) is 1.61. The van der Waals surface area contributed by atoms with Crippen molar-refractivity contribution in [3.05, 3.63) is 83.7 Å². The average Bonchev–Trinajstić information content (AvgIpc) is 3.40. The second-order valence-corrected chi connectivity index (χ2v) is 9.30. The molecule has 4 aromatic rings. The Bertz CT molecular complexity index is 1340. The molecule has 1 aliphatic heterocycles. The lowest BCUT2D eigenvalue weighted by atomic mass is 9.97. The zero-order valence-electron chi connectivity index (χ0n) is 20.4. The molecule has 1 saturated heterocycles. The summed E-state index contributed by atoms with van der Waals surface area (Å²) in [6.45, 7) is 1.94. The van der Waals surface area contributed by atoms with Crippen molar-refractivity contribution >= 4 is 23.2 Å². The number of likely N-dealkylation sites (tertiary alicyclic amines) is 1. The van der Waals surface area contributed by atoms with E-state index in [0.29, 0.717) is 47.0 Å². The molecule has 1 fully saturated rings. The molecule has 37 heavy (non-hydrogen) atoms. The summed E-state index contributed by atoms with van der Waals surface area (Å²) in [5, 5.41) is 7.63. The molecule has 8 nitrogen and oxygen atoms in total. The average molecular weight is 519 g/mol. The quantitative estimate of drug-likeness (QED) is 0.304. The zero-order valence-corrected chi connectivity index (χ0v) is 21.1. The van der Waals surface area contributed by atoms with Crippen molar-refractivity contribution in [2.24, 2.45) is 5.92 Å². The molecular formula is C28H27ClN4O4. The summed E-state index contributed by atoms with van der Waals surface area (Å²) in [4.78, 5) is 19.9. The maximum Gasteiger partial charge on any atom is 0.241 e. The van der Waals surface area contributed by atoms with Crippen LogP contribution in [-0.2, 0) is 11.3 Å². The van der Waals surface area contributed by atoms with Crippen LogP contribution in [0.25, 0.3) is 11.4 Å². The van der Waals surface area contributed by atoms with Gasteiger partial charge in [-0.1, -0.05) is 47.1 Å². The molecule has 0 spiro atoms. The highest BCUT2D eigenvalue weighted by Gasteiger charge is 2.27. The Hall–Kier alpha value is -3.88. The third kappa shape index (κ3) is 6.28. The van der Waals surface area contributed by atoms with Crippen molar-refractivity contribution < 1.29 is 18.8 Å². The van der Waals surface area contributed by atoms with E-state index in [9.17, 15) is 4.79 Å². The van der Waals surface area contributed by atoms with Gasteiger partial charge in [-0.15, -0.1) is 0 Å². The van der Waals surface area contributed by atoms with Crippen molar-refractivity contribution in [3.63, 3.8) is 0 Å². The SMILES string of the molecule is COc1ccc(Oc2ccc(Cl)cc2NC(=O)C2CCCN(Cc3nc(-c4ccccc4)no3)C2)cc1. The fraction of sp³-hybridized carbons (Fsp3) is 0.250. The minimum absolute atomic E-state index is 0.0814. The van der Waals surface area contributed by atoms with Crippen LogP contribution in [-0.4, -0.2) is 41.1 Å². The molecule has 0 radical (unpaired) electrons. The molecule has 0 bridgehead atoms. The summed E-state index contributed by atoms with van der Waals surface area (Å²) in [6, 6.07) is 22.1. The monoisotopic (exact) mass is 518 g/mol. The number of nitrogens with one attached hydrogen (secondary N) is 1. The lowest BCUT2D eigenvalue weighted by Gasteiger charge is -2.31. The fourth-order valence-electron chi connectivity index (χ4n) is 4.32. The number of hydrogen-bond donors (Lipinski definition) is 1. The van der Waals surface area contributed by atoms with Crippen molar-refractivity contribution in [1.82, 2.24) is 15.0 Å². The van der Waals surface area contributed by atoms with Crippen LogP contribution in [0.15, 0.2) is 77.3 Å². The van der Waals surface area contributed by atoms with Crippen LogP contribution in [0.2, 0.25) is 5.02 Å². The summed E-state index contributed by atoms with van der Waals surface area (Å²) in [5.74, 6) is 2.68. The molecule has 190 valence electrons. The van der Waals surface area contributed by atoms with E-state index in [0.717, 1.165) is 30.7 Å². The Morgan fingerprint density at radius 1 is 1.11 bits per heavy atom. The molecule has 5 rings (SSSR count). The maximum atomic E-state index is 13.2. The van der Waals surface area contributed by atoms with Crippen LogP contribution in [0.1, 0.15) is 18.7 Å². The highest BCUT2D eigenvalue weighted by atomic mass is 35.5. The first kappa shape index (κ1) is 24.8. The first-order chi connectivity index (χ1) is 18.1. The number of aromatic nitrogens is 2. The number of methoxy groups -OCH3 is 1. The largest absolute Gasteiger partial charge is 0.497 e. The smallest absolute Gasteiger partial charge is 0.241 e. The van der Waals surface area contributed by atoms with Crippen molar-refractivity contribution in [2.75, 3.05) is 25.5 Å². The topological polar surface area (TPSA) is 89.7 Å². The molecule has 1 unspecified atom stereocenters. The van der Waals surface area contributed by atoms with E-state index in [1.807, 2.05) is 42.5 Å². The number of hydrogen-bond acceptors (Lipinski definition) is 7. The Balaban J connectivity index is 1.23. The van der Waals surface area contributed by atoms with Gasteiger partial charge in [0.05, 0.1) is 25.3 Å². The minimum Gasteiger partial charge on any atom is -0.497 e. The summed E-state index contributed by atoms with van der Waals surface area (Å²) in [5.41, 5.74) is 1.43. The van der Waals surface area contributed by atoms with Gasteiger partial charge in [0.15, 0.2) is 5.75 Å². The van der Waals surface area contributed by atoms with Crippen LogP contribution in [0.5, 0.6) is 17.2 Å². The van der Waals surface area contributed by atoms with Gasteiger partial charge in [0.1, 0.15) is 11.5 Å². The van der Waals surface area contributed by atoms with Crippen molar-refractivity contribution in [2.45, 2.75) is 19.4 Å². The maximum absolute atomic E-state index is 13.2. The number of nitrogens with zero attached hydrogens (tertiary/aromatic N) is 3. The minimum atomic E-state index is -0.196. The number of benzene rings is 3. The van der Waals surface area contributed by atoms with Gasteiger partial charge in [-0.3, -0.25) is 9.69 Å². The van der Waals surface area contributed by atoms with Gasteiger partial charge in [-0.2, -0.15) is 4.98 Å². The van der Waals surface area contributed by atoms with E-state index in [1.165, 1.54) is 0 Å². The van der Waals surface area contributed by atoms with Gasteiger partial charge in [0, 0.05) is 17.1 Å². The molecule has 1 aliphatic rings. The van der Waals surface area contributed by atoms with Crippen LogP contribution in [0.4, 0.5) is 5.69 Å². The van der Waals surface area contributed by atoms with E-state index in [-0.39, 0.29) is 11.8 Å². The lowest BCUT2D eigenvalue weighted by molar-refractivity contribution is -0.121. The number of piperidine rings is 1.